The molecular weight excluding hydrogens is 228 g/mol. The van der Waals surface area contributed by atoms with Gasteiger partial charge in [0.1, 0.15) is 6.04 Å². The van der Waals surface area contributed by atoms with Gasteiger partial charge >= 0.3 is 0 Å². The van der Waals surface area contributed by atoms with E-state index in [1.54, 1.807) is 0 Å². The zero-order valence-corrected chi connectivity index (χ0v) is 11.1. The molecule has 4 nitrogen and oxygen atoms in total. The maximum atomic E-state index is 11.5. The van der Waals surface area contributed by atoms with Crippen LogP contribution in [0.5, 0.6) is 0 Å². The fourth-order valence-corrected chi connectivity index (χ4v) is 1.66. The second-order valence-electron chi connectivity index (χ2n) is 4.27. The molecule has 4 heteroatoms. The minimum Gasteiger partial charge on any atom is -0.383 e. The Morgan fingerprint density at radius 3 is 2.50 bits per heavy atom. The van der Waals surface area contributed by atoms with Crippen LogP contribution in [0.25, 0.3) is 0 Å². The number of carbonyl (C=O) groups is 1. The number of hydrogen-bond donors (Lipinski definition) is 2. The number of hydrogen-bond acceptors (Lipinski definition) is 3. The van der Waals surface area contributed by atoms with E-state index in [9.17, 15) is 4.79 Å². The van der Waals surface area contributed by atoms with Crippen LogP contribution in [-0.4, -0.2) is 32.2 Å². The summed E-state index contributed by atoms with van der Waals surface area (Å²) >= 11 is 0. The van der Waals surface area contributed by atoms with Crippen LogP contribution in [0.3, 0.4) is 0 Å². The van der Waals surface area contributed by atoms with Crippen LogP contribution in [0.4, 0.5) is 0 Å². The largest absolute Gasteiger partial charge is 0.383 e. The van der Waals surface area contributed by atoms with Gasteiger partial charge in [-0.15, -0.1) is 0 Å². The molecule has 0 aliphatic heterocycles. The molecule has 1 amide bonds. The zero-order chi connectivity index (χ0) is 13.4. The Balaban J connectivity index is 2.30. The highest BCUT2D eigenvalue weighted by atomic mass is 16.5. The van der Waals surface area contributed by atoms with Crippen molar-refractivity contribution in [3.63, 3.8) is 0 Å². The average molecular weight is 250 g/mol. The van der Waals surface area contributed by atoms with Gasteiger partial charge in [-0.2, -0.15) is 0 Å². The van der Waals surface area contributed by atoms with Gasteiger partial charge in [-0.1, -0.05) is 31.2 Å². The van der Waals surface area contributed by atoms with Crippen LogP contribution < -0.4 is 11.1 Å². The number of methoxy groups -OCH3 is 1. The third kappa shape index (κ3) is 4.85. The Kier molecular flexibility index (Phi) is 6.39. The van der Waals surface area contributed by atoms with Crippen molar-refractivity contribution in [3.8, 4) is 0 Å². The molecule has 1 atom stereocenters. The lowest BCUT2D eigenvalue weighted by Gasteiger charge is -2.11. The fourth-order valence-electron chi connectivity index (χ4n) is 1.66. The van der Waals surface area contributed by atoms with E-state index in [1.165, 1.54) is 18.2 Å². The second kappa shape index (κ2) is 7.84. The predicted octanol–water partition coefficient (Wildman–Crippen LogP) is 0.881. The fraction of sp³-hybridized carbons (Fsp3) is 0.500. The third-order valence-electron chi connectivity index (χ3n) is 2.83. The minimum absolute atomic E-state index is 0.165. The van der Waals surface area contributed by atoms with Crippen LogP contribution in [0, 0.1) is 0 Å². The van der Waals surface area contributed by atoms with E-state index in [1.807, 2.05) is 0 Å². The van der Waals surface area contributed by atoms with E-state index < -0.39 is 6.04 Å². The first kappa shape index (κ1) is 14.7. The van der Waals surface area contributed by atoms with Gasteiger partial charge in [-0.25, -0.2) is 0 Å². The third-order valence-corrected chi connectivity index (χ3v) is 2.83. The Labute approximate surface area is 109 Å². The smallest absolute Gasteiger partial charge is 0.239 e. The average Bonchev–Trinajstić information content (AvgIpc) is 2.39. The number of aryl methyl sites for hydroxylation is 1. The molecule has 0 bridgehead atoms. The summed E-state index contributed by atoms with van der Waals surface area (Å²) in [5.74, 6) is -0.165. The molecule has 0 aliphatic carbocycles. The van der Waals surface area contributed by atoms with Crippen molar-refractivity contribution in [1.82, 2.24) is 5.32 Å². The van der Waals surface area contributed by atoms with Crippen molar-refractivity contribution in [2.75, 3.05) is 20.3 Å². The van der Waals surface area contributed by atoms with Crippen LogP contribution in [0.1, 0.15) is 18.1 Å². The number of nitrogens with two attached hydrogens (primary N) is 1. The summed E-state index contributed by atoms with van der Waals surface area (Å²) in [6, 6.07) is 7.85. The van der Waals surface area contributed by atoms with Gasteiger partial charge in [0.05, 0.1) is 6.61 Å². The molecule has 1 unspecified atom stereocenters. The van der Waals surface area contributed by atoms with E-state index in [0.29, 0.717) is 6.54 Å². The maximum Gasteiger partial charge on any atom is 0.239 e. The molecule has 0 saturated heterocycles. The van der Waals surface area contributed by atoms with Gasteiger partial charge in [0.15, 0.2) is 0 Å². The summed E-state index contributed by atoms with van der Waals surface area (Å²) < 4.78 is 4.83. The summed E-state index contributed by atoms with van der Waals surface area (Å²) in [7, 11) is 1.53. The number of rotatable bonds is 7. The quantitative estimate of drug-likeness (QED) is 0.755. The molecule has 0 heterocycles. The van der Waals surface area contributed by atoms with E-state index in [-0.39, 0.29) is 12.5 Å². The molecule has 0 spiro atoms. The first-order valence-corrected chi connectivity index (χ1v) is 6.27. The minimum atomic E-state index is -0.586. The first-order chi connectivity index (χ1) is 8.67. The molecule has 0 aromatic heterocycles. The van der Waals surface area contributed by atoms with Gasteiger partial charge in [-0.05, 0) is 24.0 Å². The first-order valence-electron chi connectivity index (χ1n) is 6.27. The van der Waals surface area contributed by atoms with Gasteiger partial charge in [0, 0.05) is 13.7 Å². The van der Waals surface area contributed by atoms with E-state index in [0.717, 1.165) is 12.8 Å². The van der Waals surface area contributed by atoms with Crippen molar-refractivity contribution < 1.29 is 9.53 Å². The Hall–Kier alpha value is -1.39. The van der Waals surface area contributed by atoms with Crippen LogP contribution in [-0.2, 0) is 22.4 Å². The summed E-state index contributed by atoms with van der Waals surface area (Å²) in [5, 5.41) is 2.80. The lowest BCUT2D eigenvalue weighted by atomic mass is 10.1. The van der Waals surface area contributed by atoms with E-state index in [4.69, 9.17) is 10.5 Å². The molecule has 1 aromatic rings. The van der Waals surface area contributed by atoms with Crippen molar-refractivity contribution in [1.29, 1.82) is 0 Å². The lowest BCUT2D eigenvalue weighted by Crippen LogP contribution is -2.44. The number of carbonyl (C=O) groups excluding carboxylic acids is 1. The molecular formula is C14H22N2O2. The SMILES string of the molecule is CCc1ccc(CCNC(=O)C(N)COC)cc1. The van der Waals surface area contributed by atoms with Crippen LogP contribution in [0.15, 0.2) is 24.3 Å². The van der Waals surface area contributed by atoms with E-state index in [2.05, 4.69) is 36.5 Å². The molecule has 100 valence electrons. The number of ether oxygens (including phenoxy) is 1. The molecule has 0 saturated carbocycles. The standard InChI is InChI=1S/C14H22N2O2/c1-3-11-4-6-12(7-5-11)8-9-16-14(17)13(15)10-18-2/h4-7,13H,3,8-10,15H2,1-2H3,(H,16,17). The molecule has 18 heavy (non-hydrogen) atoms. The molecule has 0 radical (unpaired) electrons. The summed E-state index contributed by atoms with van der Waals surface area (Å²) in [4.78, 5) is 11.5. The predicted molar refractivity (Wildman–Crippen MR) is 72.4 cm³/mol. The lowest BCUT2D eigenvalue weighted by molar-refractivity contribution is -0.123. The monoisotopic (exact) mass is 250 g/mol. The molecule has 0 aliphatic rings. The molecule has 0 fully saturated rings. The second-order valence-corrected chi connectivity index (χ2v) is 4.27. The topological polar surface area (TPSA) is 64.4 Å². The van der Waals surface area contributed by atoms with Crippen molar-refractivity contribution in [2.24, 2.45) is 5.73 Å². The maximum absolute atomic E-state index is 11.5. The van der Waals surface area contributed by atoms with Gasteiger partial charge in [0.25, 0.3) is 0 Å². The Bertz CT molecular complexity index is 363. The van der Waals surface area contributed by atoms with Crippen molar-refractivity contribution >= 4 is 5.91 Å². The van der Waals surface area contributed by atoms with Crippen molar-refractivity contribution in [2.45, 2.75) is 25.8 Å². The van der Waals surface area contributed by atoms with Gasteiger partial charge in [0.2, 0.25) is 5.91 Å². The Morgan fingerprint density at radius 2 is 1.94 bits per heavy atom. The summed E-state index contributed by atoms with van der Waals surface area (Å²) in [6.07, 6.45) is 1.86. The molecule has 3 N–H and O–H groups in total. The highest BCUT2D eigenvalue weighted by Crippen LogP contribution is 2.05. The highest BCUT2D eigenvalue weighted by molar-refractivity contribution is 5.81. The van der Waals surface area contributed by atoms with Gasteiger partial charge < -0.3 is 15.8 Å². The molecule has 1 rings (SSSR count). The number of amides is 1. The summed E-state index contributed by atoms with van der Waals surface area (Å²) in [5.41, 5.74) is 8.15. The normalized spacial score (nSPS) is 12.2. The van der Waals surface area contributed by atoms with Crippen LogP contribution >= 0.6 is 0 Å². The van der Waals surface area contributed by atoms with Crippen molar-refractivity contribution in [3.05, 3.63) is 35.4 Å². The number of benzene rings is 1. The zero-order valence-electron chi connectivity index (χ0n) is 11.1. The Morgan fingerprint density at radius 1 is 1.33 bits per heavy atom. The van der Waals surface area contributed by atoms with E-state index >= 15 is 0 Å². The van der Waals surface area contributed by atoms with Crippen LogP contribution in [0.2, 0.25) is 0 Å². The summed E-state index contributed by atoms with van der Waals surface area (Å²) in [6.45, 7) is 2.98. The molecule has 1 aromatic carbocycles. The number of nitrogens with one attached hydrogen (secondary N) is 1. The van der Waals surface area contributed by atoms with Gasteiger partial charge in [-0.3, -0.25) is 4.79 Å². The highest BCUT2D eigenvalue weighted by Gasteiger charge is 2.11.